The van der Waals surface area contributed by atoms with Gasteiger partial charge >= 0.3 is 21.6 Å². The molecule has 1 aromatic carbocycles. The molecular weight excluding hydrogens is 337 g/mol. The minimum atomic E-state index is -5.83. The summed E-state index contributed by atoms with van der Waals surface area (Å²) >= 11 is 0. The molecule has 23 heavy (non-hydrogen) atoms. The predicted molar refractivity (Wildman–Crippen MR) is 75.1 cm³/mol. The Bertz CT molecular complexity index is 791. The molecule has 9 heteroatoms. The monoisotopic (exact) mass is 350 g/mol. The van der Waals surface area contributed by atoms with Gasteiger partial charge in [-0.1, -0.05) is 19.9 Å². The Morgan fingerprint density at radius 2 is 1.91 bits per heavy atom. The van der Waals surface area contributed by atoms with Gasteiger partial charge in [0.1, 0.15) is 5.76 Å². The highest BCUT2D eigenvalue weighted by atomic mass is 32.2. The summed E-state index contributed by atoms with van der Waals surface area (Å²) in [6.45, 7) is 3.61. The predicted octanol–water partition coefficient (Wildman–Crippen LogP) is 3.27. The van der Waals surface area contributed by atoms with Crippen LogP contribution in [0.15, 0.2) is 24.3 Å². The molecule has 0 fully saturated rings. The first-order valence-corrected chi connectivity index (χ1v) is 7.85. The Morgan fingerprint density at radius 1 is 1.30 bits per heavy atom. The molecule has 1 N–H and O–H groups in total. The van der Waals surface area contributed by atoms with Gasteiger partial charge < -0.3 is 9.29 Å². The van der Waals surface area contributed by atoms with Crippen molar-refractivity contribution in [2.45, 2.75) is 31.2 Å². The molecule has 0 bridgehead atoms. The van der Waals surface area contributed by atoms with E-state index in [1.54, 1.807) is 13.8 Å². The lowest BCUT2D eigenvalue weighted by Gasteiger charge is -2.31. The van der Waals surface area contributed by atoms with E-state index in [1.807, 2.05) is 0 Å². The van der Waals surface area contributed by atoms with E-state index in [0.717, 1.165) is 6.07 Å². The topological polar surface area (TPSA) is 80.7 Å². The van der Waals surface area contributed by atoms with Crippen LogP contribution >= 0.6 is 0 Å². The molecule has 0 atom stereocenters. The van der Waals surface area contributed by atoms with Crippen molar-refractivity contribution in [3.05, 3.63) is 41.0 Å². The Balaban J connectivity index is 2.56. The second-order valence-corrected chi connectivity index (χ2v) is 7.24. The van der Waals surface area contributed by atoms with Gasteiger partial charge in [0.05, 0.1) is 5.56 Å². The van der Waals surface area contributed by atoms with Crippen molar-refractivity contribution in [3.63, 3.8) is 0 Å². The number of hydrogen-bond acceptors (Lipinski definition) is 4. The van der Waals surface area contributed by atoms with Gasteiger partial charge in [-0.3, -0.25) is 0 Å². The summed E-state index contributed by atoms with van der Waals surface area (Å²) in [5.74, 6) is -1.80. The van der Waals surface area contributed by atoms with Crippen LogP contribution in [0.4, 0.5) is 13.2 Å². The third-order valence-corrected chi connectivity index (χ3v) is 4.51. The number of hydrogen-bond donors (Lipinski definition) is 1. The Morgan fingerprint density at radius 3 is 2.43 bits per heavy atom. The van der Waals surface area contributed by atoms with Gasteiger partial charge in [0.15, 0.2) is 0 Å². The molecular formula is C14H13F3O5S. The van der Waals surface area contributed by atoms with Crippen molar-refractivity contribution >= 4 is 21.8 Å². The molecule has 0 heterocycles. The molecule has 0 amide bonds. The SMILES string of the molecule is CC1(C)CC=C(OS(=O)(=O)C(F)(F)F)c2cc(C(=O)O)ccc21. The number of halogens is 3. The van der Waals surface area contributed by atoms with E-state index >= 15 is 0 Å². The summed E-state index contributed by atoms with van der Waals surface area (Å²) in [5, 5.41) is 9.01. The normalized spacial score (nSPS) is 17.2. The van der Waals surface area contributed by atoms with E-state index < -0.39 is 32.8 Å². The fraction of sp³-hybridized carbons (Fsp3) is 0.357. The lowest BCUT2D eigenvalue weighted by molar-refractivity contribution is -0.0509. The fourth-order valence-corrected chi connectivity index (χ4v) is 2.77. The number of allylic oxidation sites excluding steroid dienone is 1. The second-order valence-electron chi connectivity index (χ2n) is 5.71. The quantitative estimate of drug-likeness (QED) is 0.668. The molecule has 2 rings (SSSR count). The lowest BCUT2D eigenvalue weighted by atomic mass is 9.75. The van der Waals surface area contributed by atoms with Crippen LogP contribution in [0, 0.1) is 0 Å². The molecule has 5 nitrogen and oxygen atoms in total. The molecule has 0 unspecified atom stereocenters. The molecule has 0 spiro atoms. The van der Waals surface area contributed by atoms with E-state index in [4.69, 9.17) is 5.11 Å². The zero-order valence-corrected chi connectivity index (χ0v) is 13.0. The maximum absolute atomic E-state index is 12.5. The summed E-state index contributed by atoms with van der Waals surface area (Å²) in [5.41, 5.74) is -5.71. The minimum Gasteiger partial charge on any atom is -0.478 e. The van der Waals surface area contributed by atoms with Crippen LogP contribution in [0.3, 0.4) is 0 Å². The number of benzene rings is 1. The van der Waals surface area contributed by atoms with Crippen molar-refractivity contribution in [2.24, 2.45) is 0 Å². The average molecular weight is 350 g/mol. The first-order valence-electron chi connectivity index (χ1n) is 6.44. The van der Waals surface area contributed by atoms with Crippen molar-refractivity contribution in [1.29, 1.82) is 0 Å². The Hall–Kier alpha value is -2.03. The largest absolute Gasteiger partial charge is 0.534 e. The first kappa shape index (κ1) is 17.3. The van der Waals surface area contributed by atoms with Crippen molar-refractivity contribution < 1.29 is 35.7 Å². The molecule has 0 radical (unpaired) electrons. The zero-order chi connectivity index (χ0) is 17.6. The van der Waals surface area contributed by atoms with Gasteiger partial charge in [-0.15, -0.1) is 0 Å². The van der Waals surface area contributed by atoms with Crippen molar-refractivity contribution in [3.8, 4) is 0 Å². The number of carboxylic acids is 1. The lowest BCUT2D eigenvalue weighted by Crippen LogP contribution is -2.28. The molecule has 1 aromatic rings. The van der Waals surface area contributed by atoms with E-state index in [1.165, 1.54) is 18.2 Å². The van der Waals surface area contributed by atoms with E-state index in [2.05, 4.69) is 4.18 Å². The highest BCUT2D eigenvalue weighted by Crippen LogP contribution is 2.41. The molecule has 1 aliphatic carbocycles. The summed E-state index contributed by atoms with van der Waals surface area (Å²) in [7, 11) is -5.83. The van der Waals surface area contributed by atoms with Crippen LogP contribution in [0.1, 0.15) is 41.8 Å². The van der Waals surface area contributed by atoms with E-state index in [-0.39, 0.29) is 17.5 Å². The highest BCUT2D eigenvalue weighted by molar-refractivity contribution is 7.87. The highest BCUT2D eigenvalue weighted by Gasteiger charge is 2.49. The van der Waals surface area contributed by atoms with Gasteiger partial charge in [-0.25, -0.2) is 4.79 Å². The Kier molecular flexibility index (Phi) is 3.96. The standard InChI is InChI=1S/C14H13F3O5S/c1-13(2)6-5-11(22-23(20,21)14(15,16)17)9-7-8(12(18)19)3-4-10(9)13/h3-5,7H,6H2,1-2H3,(H,18,19). The van der Waals surface area contributed by atoms with Gasteiger partial charge in [0.25, 0.3) is 0 Å². The van der Waals surface area contributed by atoms with Crippen LogP contribution in [0.2, 0.25) is 0 Å². The molecule has 0 aromatic heterocycles. The fourth-order valence-electron chi connectivity index (χ4n) is 2.28. The van der Waals surface area contributed by atoms with Crippen LogP contribution < -0.4 is 0 Å². The summed E-state index contributed by atoms with van der Waals surface area (Å²) < 4.78 is 64.1. The van der Waals surface area contributed by atoms with Gasteiger partial charge in [0.2, 0.25) is 0 Å². The number of fused-ring (bicyclic) bond motifs is 1. The van der Waals surface area contributed by atoms with Gasteiger partial charge in [-0.05, 0) is 35.6 Å². The average Bonchev–Trinajstić information content (AvgIpc) is 2.40. The second kappa shape index (κ2) is 5.26. The Labute approximate surface area is 130 Å². The zero-order valence-electron chi connectivity index (χ0n) is 12.1. The first-order chi connectivity index (χ1) is 10.3. The maximum atomic E-state index is 12.5. The molecule has 0 aliphatic heterocycles. The summed E-state index contributed by atoms with van der Waals surface area (Å²) in [4.78, 5) is 11.0. The number of carboxylic acid groups (broad SMARTS) is 1. The third-order valence-electron chi connectivity index (χ3n) is 3.54. The molecule has 0 saturated carbocycles. The molecule has 1 aliphatic rings. The number of rotatable bonds is 3. The number of aromatic carboxylic acids is 1. The van der Waals surface area contributed by atoms with Crippen molar-refractivity contribution in [1.82, 2.24) is 0 Å². The van der Waals surface area contributed by atoms with Crippen LogP contribution in [-0.2, 0) is 19.7 Å². The maximum Gasteiger partial charge on any atom is 0.534 e. The van der Waals surface area contributed by atoms with E-state index in [0.29, 0.717) is 5.56 Å². The molecule has 0 saturated heterocycles. The minimum absolute atomic E-state index is 0.0222. The van der Waals surface area contributed by atoms with Crippen LogP contribution in [0.25, 0.3) is 5.76 Å². The summed E-state index contributed by atoms with van der Waals surface area (Å²) in [6.07, 6.45) is 1.46. The smallest absolute Gasteiger partial charge is 0.478 e. The van der Waals surface area contributed by atoms with E-state index in [9.17, 15) is 26.4 Å². The third kappa shape index (κ3) is 3.19. The number of carbonyl (C=O) groups is 1. The van der Waals surface area contributed by atoms with Gasteiger partial charge in [-0.2, -0.15) is 21.6 Å². The van der Waals surface area contributed by atoms with Crippen molar-refractivity contribution in [2.75, 3.05) is 0 Å². The summed E-state index contributed by atoms with van der Waals surface area (Å²) in [6, 6.07) is 3.87. The number of alkyl halides is 3. The van der Waals surface area contributed by atoms with Crippen LogP contribution in [0.5, 0.6) is 0 Å². The van der Waals surface area contributed by atoms with Crippen LogP contribution in [-0.4, -0.2) is 25.0 Å². The molecule has 126 valence electrons. The van der Waals surface area contributed by atoms with Gasteiger partial charge in [0, 0.05) is 5.56 Å².